The van der Waals surface area contributed by atoms with Gasteiger partial charge in [-0.3, -0.25) is 9.59 Å². The van der Waals surface area contributed by atoms with Crippen molar-refractivity contribution < 1.29 is 18.7 Å². The number of para-hydroxylation sites is 1. The minimum Gasteiger partial charge on any atom is -0.481 e. The molecule has 2 aromatic carbocycles. The van der Waals surface area contributed by atoms with Crippen LogP contribution in [0.4, 0.5) is 4.39 Å². The minimum atomic E-state index is -0.722. The molecule has 8 heteroatoms. The Morgan fingerprint density at radius 3 is 2.42 bits per heavy atom. The lowest BCUT2D eigenvalue weighted by Crippen LogP contribution is -2.51. The lowest BCUT2D eigenvalue weighted by Gasteiger charge is -2.31. The maximum Gasteiger partial charge on any atom is 0.261 e. The minimum absolute atomic E-state index is 0.0255. The van der Waals surface area contributed by atoms with E-state index in [4.69, 9.17) is 27.9 Å². The van der Waals surface area contributed by atoms with Crippen molar-refractivity contribution in [1.82, 2.24) is 10.2 Å². The first kappa shape index (κ1) is 25.0. The molecule has 168 valence electrons. The molecule has 0 aromatic heterocycles. The zero-order chi connectivity index (χ0) is 23.0. The molecule has 0 fully saturated rings. The standard InChI is InChI=1S/C23H27Cl2FN2O3/c1-4-15(3)27-23(30)20(5-2)28(13-16-10-11-17(24)18(25)12-16)22(29)14-31-21-9-7-6-8-19(21)26/h6-12,15,20H,4-5,13-14H2,1-3H3,(H,27,30)/t15-,20+/m0/s1. The van der Waals surface area contributed by atoms with E-state index in [1.54, 1.807) is 24.3 Å². The zero-order valence-corrected chi connectivity index (χ0v) is 19.3. The molecule has 31 heavy (non-hydrogen) atoms. The van der Waals surface area contributed by atoms with E-state index in [1.807, 2.05) is 20.8 Å². The van der Waals surface area contributed by atoms with Gasteiger partial charge in [0, 0.05) is 12.6 Å². The summed E-state index contributed by atoms with van der Waals surface area (Å²) in [5.41, 5.74) is 0.712. The highest BCUT2D eigenvalue weighted by molar-refractivity contribution is 6.42. The third kappa shape index (κ3) is 7.11. The largest absolute Gasteiger partial charge is 0.481 e. The van der Waals surface area contributed by atoms with E-state index in [0.29, 0.717) is 22.0 Å². The van der Waals surface area contributed by atoms with Crippen molar-refractivity contribution in [3.8, 4) is 5.75 Å². The van der Waals surface area contributed by atoms with E-state index in [1.165, 1.54) is 23.1 Å². The molecule has 2 rings (SSSR count). The third-order valence-electron chi connectivity index (χ3n) is 4.91. The summed E-state index contributed by atoms with van der Waals surface area (Å²) in [5.74, 6) is -1.29. The Kier molecular flexibility index (Phi) is 9.59. The van der Waals surface area contributed by atoms with Gasteiger partial charge in [0.05, 0.1) is 10.0 Å². The molecular weight excluding hydrogens is 442 g/mol. The van der Waals surface area contributed by atoms with Crippen LogP contribution >= 0.6 is 23.2 Å². The molecule has 2 atom stereocenters. The first-order valence-corrected chi connectivity index (χ1v) is 10.9. The summed E-state index contributed by atoms with van der Waals surface area (Å²) in [5, 5.41) is 3.67. The number of carbonyl (C=O) groups excluding carboxylic acids is 2. The first-order chi connectivity index (χ1) is 14.8. The highest BCUT2D eigenvalue weighted by atomic mass is 35.5. The molecule has 0 saturated carbocycles. The Balaban J connectivity index is 2.26. The maximum absolute atomic E-state index is 13.9. The van der Waals surface area contributed by atoms with Crippen LogP contribution in [-0.4, -0.2) is 35.4 Å². The highest BCUT2D eigenvalue weighted by Crippen LogP contribution is 2.24. The quantitative estimate of drug-likeness (QED) is 0.518. The van der Waals surface area contributed by atoms with Gasteiger partial charge in [-0.2, -0.15) is 0 Å². The molecule has 0 saturated heterocycles. The van der Waals surface area contributed by atoms with Crippen molar-refractivity contribution in [2.75, 3.05) is 6.61 Å². The molecule has 2 amide bonds. The van der Waals surface area contributed by atoms with Crippen LogP contribution in [0.15, 0.2) is 42.5 Å². The van der Waals surface area contributed by atoms with Gasteiger partial charge in [0.1, 0.15) is 6.04 Å². The van der Waals surface area contributed by atoms with E-state index in [2.05, 4.69) is 5.32 Å². The monoisotopic (exact) mass is 468 g/mol. The van der Waals surface area contributed by atoms with Gasteiger partial charge in [-0.15, -0.1) is 0 Å². The molecular formula is C23H27Cl2FN2O3. The number of hydrogen-bond acceptors (Lipinski definition) is 3. The van der Waals surface area contributed by atoms with Gasteiger partial charge in [0.2, 0.25) is 5.91 Å². The van der Waals surface area contributed by atoms with Gasteiger partial charge >= 0.3 is 0 Å². The topological polar surface area (TPSA) is 58.6 Å². The van der Waals surface area contributed by atoms with Crippen LogP contribution in [-0.2, 0) is 16.1 Å². The zero-order valence-electron chi connectivity index (χ0n) is 17.8. The summed E-state index contributed by atoms with van der Waals surface area (Å²) in [7, 11) is 0. The fraction of sp³-hybridized carbons (Fsp3) is 0.391. The number of nitrogens with zero attached hydrogens (tertiary/aromatic N) is 1. The van der Waals surface area contributed by atoms with E-state index in [9.17, 15) is 14.0 Å². The van der Waals surface area contributed by atoms with Crippen molar-refractivity contribution in [2.24, 2.45) is 0 Å². The fourth-order valence-electron chi connectivity index (χ4n) is 2.98. The molecule has 0 aliphatic carbocycles. The van der Waals surface area contributed by atoms with E-state index < -0.39 is 24.4 Å². The van der Waals surface area contributed by atoms with Crippen LogP contribution in [0.25, 0.3) is 0 Å². The van der Waals surface area contributed by atoms with Gasteiger partial charge in [-0.1, -0.05) is 55.2 Å². The molecule has 1 N–H and O–H groups in total. The van der Waals surface area contributed by atoms with E-state index in [-0.39, 0.29) is 24.2 Å². The van der Waals surface area contributed by atoms with Crippen LogP contribution in [0.5, 0.6) is 5.75 Å². The number of rotatable bonds is 10. The van der Waals surface area contributed by atoms with Crippen molar-refractivity contribution in [2.45, 2.75) is 52.2 Å². The highest BCUT2D eigenvalue weighted by Gasteiger charge is 2.29. The molecule has 0 radical (unpaired) electrons. The lowest BCUT2D eigenvalue weighted by atomic mass is 10.1. The third-order valence-corrected chi connectivity index (χ3v) is 5.65. The van der Waals surface area contributed by atoms with E-state index >= 15 is 0 Å². The van der Waals surface area contributed by atoms with Crippen LogP contribution in [0.2, 0.25) is 10.0 Å². The summed E-state index contributed by atoms with van der Waals surface area (Å²) in [6.45, 7) is 5.41. The summed E-state index contributed by atoms with van der Waals surface area (Å²) in [6, 6.07) is 10.1. The molecule has 0 aliphatic heterocycles. The van der Waals surface area contributed by atoms with Gasteiger partial charge < -0.3 is 15.0 Å². The fourth-order valence-corrected chi connectivity index (χ4v) is 3.30. The average molecular weight is 469 g/mol. The lowest BCUT2D eigenvalue weighted by molar-refractivity contribution is -0.143. The normalized spacial score (nSPS) is 12.7. The van der Waals surface area contributed by atoms with Gasteiger partial charge in [-0.25, -0.2) is 4.39 Å². The second-order valence-corrected chi connectivity index (χ2v) is 8.05. The maximum atomic E-state index is 13.9. The van der Waals surface area contributed by atoms with Crippen LogP contribution in [0.1, 0.15) is 39.2 Å². The van der Waals surface area contributed by atoms with Crippen LogP contribution in [0.3, 0.4) is 0 Å². The Labute approximate surface area is 192 Å². The van der Waals surface area contributed by atoms with Gasteiger partial charge in [0.15, 0.2) is 18.2 Å². The van der Waals surface area contributed by atoms with Crippen molar-refractivity contribution in [1.29, 1.82) is 0 Å². The van der Waals surface area contributed by atoms with E-state index in [0.717, 1.165) is 6.42 Å². The van der Waals surface area contributed by atoms with Gasteiger partial charge in [0.25, 0.3) is 5.91 Å². The Hall–Kier alpha value is -2.31. The van der Waals surface area contributed by atoms with Crippen LogP contribution in [0, 0.1) is 5.82 Å². The number of hydrogen-bond donors (Lipinski definition) is 1. The molecule has 2 aromatic rings. The van der Waals surface area contributed by atoms with Crippen molar-refractivity contribution in [3.63, 3.8) is 0 Å². The number of ether oxygens (including phenoxy) is 1. The summed E-state index contributed by atoms with van der Waals surface area (Å²) >= 11 is 12.1. The molecule has 0 spiro atoms. The Morgan fingerprint density at radius 2 is 1.81 bits per heavy atom. The second kappa shape index (κ2) is 11.9. The summed E-state index contributed by atoms with van der Waals surface area (Å²) in [4.78, 5) is 27.4. The van der Waals surface area contributed by atoms with Crippen molar-refractivity contribution >= 4 is 35.0 Å². The summed E-state index contributed by atoms with van der Waals surface area (Å²) < 4.78 is 19.3. The predicted octanol–water partition coefficient (Wildman–Crippen LogP) is 5.23. The number of nitrogens with one attached hydrogen (secondary N) is 1. The molecule has 0 heterocycles. The van der Waals surface area contributed by atoms with Crippen molar-refractivity contribution in [3.05, 3.63) is 63.9 Å². The molecule has 0 bridgehead atoms. The molecule has 0 unspecified atom stereocenters. The second-order valence-electron chi connectivity index (χ2n) is 7.23. The predicted molar refractivity (Wildman–Crippen MR) is 121 cm³/mol. The first-order valence-electron chi connectivity index (χ1n) is 10.2. The average Bonchev–Trinajstić information content (AvgIpc) is 2.75. The smallest absolute Gasteiger partial charge is 0.261 e. The summed E-state index contributed by atoms with van der Waals surface area (Å²) in [6.07, 6.45) is 1.16. The SMILES string of the molecule is CC[C@H](C(=O)N[C@@H](C)CC)N(Cc1ccc(Cl)c(Cl)c1)C(=O)COc1ccccc1F. The molecule has 0 aliphatic rings. The number of halogens is 3. The Bertz CT molecular complexity index is 910. The number of benzene rings is 2. The van der Waals surface area contributed by atoms with Crippen LogP contribution < -0.4 is 10.1 Å². The number of amides is 2. The number of carbonyl (C=O) groups is 2. The van der Waals surface area contributed by atoms with Gasteiger partial charge in [-0.05, 0) is 49.6 Å². The Morgan fingerprint density at radius 1 is 1.10 bits per heavy atom. The molecule has 5 nitrogen and oxygen atoms in total.